The zero-order valence-electron chi connectivity index (χ0n) is 10.9. The van der Waals surface area contributed by atoms with Crippen molar-refractivity contribution in [2.24, 2.45) is 0 Å². The van der Waals surface area contributed by atoms with Gasteiger partial charge in [-0.15, -0.1) is 0 Å². The van der Waals surface area contributed by atoms with E-state index in [1.165, 1.54) is 4.90 Å². The summed E-state index contributed by atoms with van der Waals surface area (Å²) in [5, 5.41) is 8.97. The molecule has 21 heavy (non-hydrogen) atoms. The second-order valence-corrected chi connectivity index (χ2v) is 5.50. The average Bonchev–Trinajstić information content (AvgIpc) is 2.95. The molecule has 1 N–H and O–H groups in total. The summed E-state index contributed by atoms with van der Waals surface area (Å²) in [6, 6.07) is 3.24. The summed E-state index contributed by atoms with van der Waals surface area (Å²) in [5.41, 5.74) is 0.414. The molecule has 3 rings (SSSR count). The Morgan fingerprint density at radius 2 is 2.14 bits per heavy atom. The number of hydrogen-bond donors (Lipinski definition) is 1. The third-order valence-corrected chi connectivity index (χ3v) is 3.89. The molecule has 0 saturated carbocycles. The van der Waals surface area contributed by atoms with E-state index in [1.807, 2.05) is 0 Å². The second kappa shape index (κ2) is 5.53. The highest BCUT2D eigenvalue weighted by atomic mass is 79.9. The SMILES string of the molecule is O=C(O)[C@H]1CN(C(=O)c2cc(Br)c3c(c2)OCO3)CCO1. The van der Waals surface area contributed by atoms with Crippen molar-refractivity contribution < 1.29 is 28.9 Å². The Bertz CT molecular complexity index is 605. The predicted octanol–water partition coefficient (Wildman–Crippen LogP) is 1.10. The lowest BCUT2D eigenvalue weighted by Crippen LogP contribution is -2.48. The lowest BCUT2D eigenvalue weighted by molar-refractivity contribution is -0.154. The number of amides is 1. The number of carboxylic acid groups (broad SMARTS) is 1. The molecular weight excluding hydrogens is 346 g/mol. The smallest absolute Gasteiger partial charge is 0.334 e. The molecule has 8 heteroatoms. The van der Waals surface area contributed by atoms with Crippen LogP contribution < -0.4 is 9.47 Å². The fourth-order valence-corrected chi connectivity index (χ4v) is 2.81. The first-order valence-corrected chi connectivity index (χ1v) is 7.08. The van der Waals surface area contributed by atoms with Gasteiger partial charge in [0.15, 0.2) is 17.6 Å². The number of halogens is 1. The first kappa shape index (κ1) is 14.2. The number of hydrogen-bond acceptors (Lipinski definition) is 5. The lowest BCUT2D eigenvalue weighted by atomic mass is 10.1. The van der Waals surface area contributed by atoms with Gasteiger partial charge in [0.05, 0.1) is 17.6 Å². The van der Waals surface area contributed by atoms with Gasteiger partial charge in [0, 0.05) is 12.1 Å². The van der Waals surface area contributed by atoms with Crippen LogP contribution >= 0.6 is 15.9 Å². The van der Waals surface area contributed by atoms with Crippen molar-refractivity contribution >= 4 is 27.8 Å². The summed E-state index contributed by atoms with van der Waals surface area (Å²) in [6.45, 7) is 0.702. The van der Waals surface area contributed by atoms with E-state index >= 15 is 0 Å². The second-order valence-electron chi connectivity index (χ2n) is 4.64. The van der Waals surface area contributed by atoms with Gasteiger partial charge in [-0.1, -0.05) is 0 Å². The molecule has 7 nitrogen and oxygen atoms in total. The number of rotatable bonds is 2. The van der Waals surface area contributed by atoms with Crippen molar-refractivity contribution in [3.05, 3.63) is 22.2 Å². The highest BCUT2D eigenvalue weighted by Crippen LogP contribution is 2.40. The van der Waals surface area contributed by atoms with E-state index in [2.05, 4.69) is 15.9 Å². The van der Waals surface area contributed by atoms with Crippen molar-refractivity contribution in [2.45, 2.75) is 6.10 Å². The fraction of sp³-hybridized carbons (Fsp3) is 0.385. The number of nitrogens with zero attached hydrogens (tertiary/aromatic N) is 1. The highest BCUT2D eigenvalue weighted by molar-refractivity contribution is 9.10. The van der Waals surface area contributed by atoms with Crippen LogP contribution in [0.5, 0.6) is 11.5 Å². The minimum atomic E-state index is -1.07. The van der Waals surface area contributed by atoms with Crippen LogP contribution in [0, 0.1) is 0 Å². The molecule has 1 atom stereocenters. The van der Waals surface area contributed by atoms with Gasteiger partial charge >= 0.3 is 5.97 Å². The van der Waals surface area contributed by atoms with Gasteiger partial charge in [0.2, 0.25) is 6.79 Å². The molecule has 1 aromatic carbocycles. The molecule has 0 bridgehead atoms. The number of aliphatic carboxylic acids is 1. The van der Waals surface area contributed by atoms with Crippen LogP contribution in [-0.4, -0.2) is 54.5 Å². The molecule has 2 aliphatic heterocycles. The van der Waals surface area contributed by atoms with E-state index in [4.69, 9.17) is 19.3 Å². The van der Waals surface area contributed by atoms with Gasteiger partial charge in [0.25, 0.3) is 5.91 Å². The van der Waals surface area contributed by atoms with Crippen molar-refractivity contribution in [3.63, 3.8) is 0 Å². The maximum absolute atomic E-state index is 12.5. The maximum Gasteiger partial charge on any atom is 0.334 e. The Hall–Kier alpha value is -1.80. The normalized spacial score (nSPS) is 20.4. The molecule has 0 spiro atoms. The van der Waals surface area contributed by atoms with Crippen LogP contribution in [0.1, 0.15) is 10.4 Å². The van der Waals surface area contributed by atoms with Gasteiger partial charge in [-0.2, -0.15) is 0 Å². The Morgan fingerprint density at radius 3 is 2.90 bits per heavy atom. The number of morpholine rings is 1. The number of carbonyl (C=O) groups is 2. The van der Waals surface area contributed by atoms with Crippen molar-refractivity contribution in [3.8, 4) is 11.5 Å². The van der Waals surface area contributed by atoms with Crippen LogP contribution in [0.3, 0.4) is 0 Å². The molecule has 112 valence electrons. The summed E-state index contributed by atoms with van der Waals surface area (Å²) in [6.07, 6.45) is -0.986. The average molecular weight is 358 g/mol. The summed E-state index contributed by atoms with van der Waals surface area (Å²) in [4.78, 5) is 24.9. The van der Waals surface area contributed by atoms with E-state index in [1.54, 1.807) is 12.1 Å². The Balaban J connectivity index is 1.82. The van der Waals surface area contributed by atoms with Crippen molar-refractivity contribution in [1.29, 1.82) is 0 Å². The molecule has 0 aromatic heterocycles. The molecule has 0 radical (unpaired) electrons. The summed E-state index contributed by atoms with van der Waals surface area (Å²) < 4.78 is 16.3. The van der Waals surface area contributed by atoms with Crippen LogP contribution in [0.15, 0.2) is 16.6 Å². The first-order valence-electron chi connectivity index (χ1n) is 6.29. The highest BCUT2D eigenvalue weighted by Gasteiger charge is 2.30. The van der Waals surface area contributed by atoms with Gasteiger partial charge in [-0.05, 0) is 28.1 Å². The van der Waals surface area contributed by atoms with E-state index < -0.39 is 12.1 Å². The van der Waals surface area contributed by atoms with E-state index in [0.717, 1.165) is 0 Å². The molecule has 2 aliphatic rings. The molecular formula is C13H12BrNO6. The van der Waals surface area contributed by atoms with Crippen molar-refractivity contribution in [2.75, 3.05) is 26.5 Å². The molecule has 0 aliphatic carbocycles. The Kier molecular flexibility index (Phi) is 3.73. The molecule has 1 saturated heterocycles. The number of ether oxygens (including phenoxy) is 3. The van der Waals surface area contributed by atoms with E-state index in [9.17, 15) is 9.59 Å². The van der Waals surface area contributed by atoms with Crippen molar-refractivity contribution in [1.82, 2.24) is 4.90 Å². The number of carbonyl (C=O) groups excluding carboxylic acids is 1. The third kappa shape index (κ3) is 2.68. The molecule has 1 fully saturated rings. The van der Waals surface area contributed by atoms with Gasteiger partial charge in [-0.25, -0.2) is 4.79 Å². The Labute approximate surface area is 128 Å². The summed E-state index contributed by atoms with van der Waals surface area (Å²) in [5.74, 6) is -0.268. The van der Waals surface area contributed by atoms with Gasteiger partial charge in [0.1, 0.15) is 0 Å². The van der Waals surface area contributed by atoms with E-state index in [0.29, 0.717) is 28.1 Å². The molecule has 1 aromatic rings. The molecule has 1 amide bonds. The number of fused-ring (bicyclic) bond motifs is 1. The van der Waals surface area contributed by atoms with Crippen LogP contribution in [0.25, 0.3) is 0 Å². The summed E-state index contributed by atoms with van der Waals surface area (Å²) in [7, 11) is 0. The quantitative estimate of drug-likeness (QED) is 0.853. The molecule has 2 heterocycles. The zero-order valence-corrected chi connectivity index (χ0v) is 12.5. The van der Waals surface area contributed by atoms with Gasteiger partial charge < -0.3 is 24.2 Å². The van der Waals surface area contributed by atoms with Crippen LogP contribution in [0.4, 0.5) is 0 Å². The fourth-order valence-electron chi connectivity index (χ4n) is 2.26. The Morgan fingerprint density at radius 1 is 1.33 bits per heavy atom. The third-order valence-electron chi connectivity index (χ3n) is 3.30. The standard InChI is InChI=1S/C13H12BrNO6/c14-8-3-7(4-9-11(8)21-6-20-9)12(16)15-1-2-19-10(5-15)13(17)18/h3-4,10H,1-2,5-6H2,(H,17,18)/t10-/m1/s1. The minimum absolute atomic E-state index is 0.0280. The number of benzene rings is 1. The topological polar surface area (TPSA) is 85.3 Å². The lowest BCUT2D eigenvalue weighted by Gasteiger charge is -2.31. The van der Waals surface area contributed by atoms with Gasteiger partial charge in [-0.3, -0.25) is 4.79 Å². The van der Waals surface area contributed by atoms with Crippen LogP contribution in [-0.2, 0) is 9.53 Å². The largest absolute Gasteiger partial charge is 0.479 e. The van der Waals surface area contributed by atoms with E-state index in [-0.39, 0.29) is 25.9 Å². The number of carboxylic acids is 1. The summed E-state index contributed by atoms with van der Waals surface area (Å²) >= 11 is 3.33. The first-order chi connectivity index (χ1) is 10.1. The molecule has 0 unspecified atom stereocenters. The monoisotopic (exact) mass is 357 g/mol. The van der Waals surface area contributed by atoms with Crippen LogP contribution in [0.2, 0.25) is 0 Å². The maximum atomic E-state index is 12.5. The predicted molar refractivity (Wildman–Crippen MR) is 73.5 cm³/mol. The zero-order chi connectivity index (χ0) is 15.0. The minimum Gasteiger partial charge on any atom is -0.479 e.